The molecule has 1 aromatic rings. The largest absolute Gasteiger partial charge is 0.377 e. The Bertz CT molecular complexity index is 610. The molecule has 0 aliphatic heterocycles. The topological polar surface area (TPSA) is 67.4 Å². The Hall–Kier alpha value is -2.14. The van der Waals surface area contributed by atoms with Crippen molar-refractivity contribution in [1.29, 1.82) is 0 Å². The highest BCUT2D eigenvalue weighted by Crippen LogP contribution is 2.20. The molecule has 0 bridgehead atoms. The first-order valence-corrected chi connectivity index (χ1v) is 8.50. The molecule has 0 aromatic heterocycles. The van der Waals surface area contributed by atoms with Gasteiger partial charge in [-0.05, 0) is 56.7 Å². The third kappa shape index (κ3) is 5.49. The Morgan fingerprint density at radius 3 is 2.79 bits per heavy atom. The van der Waals surface area contributed by atoms with Crippen LogP contribution in [0, 0.1) is 0 Å². The van der Waals surface area contributed by atoms with Crippen LogP contribution in [0.1, 0.15) is 50.7 Å². The number of ether oxygens (including phenoxy) is 1. The van der Waals surface area contributed by atoms with Gasteiger partial charge in [-0.1, -0.05) is 23.8 Å². The van der Waals surface area contributed by atoms with Crippen LogP contribution in [0.25, 0.3) is 0 Å². The lowest BCUT2D eigenvalue weighted by molar-refractivity contribution is -0.136. The molecule has 1 atom stereocenters. The monoisotopic (exact) mass is 330 g/mol. The normalized spacial score (nSPS) is 15.3. The number of methoxy groups -OCH3 is 1. The molecule has 5 heteroatoms. The van der Waals surface area contributed by atoms with Crippen LogP contribution in [0.4, 0.5) is 5.69 Å². The summed E-state index contributed by atoms with van der Waals surface area (Å²) in [6, 6.07) is 7.31. The van der Waals surface area contributed by atoms with Gasteiger partial charge in [-0.25, -0.2) is 0 Å². The maximum absolute atomic E-state index is 12.0. The number of hydrogen-bond acceptors (Lipinski definition) is 3. The molecule has 5 nitrogen and oxygen atoms in total. The Morgan fingerprint density at radius 2 is 2.08 bits per heavy atom. The third-order valence-electron chi connectivity index (χ3n) is 4.29. The van der Waals surface area contributed by atoms with Crippen LogP contribution in [0.2, 0.25) is 0 Å². The van der Waals surface area contributed by atoms with E-state index in [2.05, 4.69) is 16.7 Å². The zero-order valence-corrected chi connectivity index (χ0v) is 14.4. The maximum atomic E-state index is 12.0. The van der Waals surface area contributed by atoms with Crippen LogP contribution in [-0.2, 0) is 14.3 Å². The van der Waals surface area contributed by atoms with Crippen molar-refractivity contribution >= 4 is 17.5 Å². The number of carbonyl (C=O) groups is 2. The van der Waals surface area contributed by atoms with E-state index in [1.165, 1.54) is 18.4 Å². The average Bonchev–Trinajstić information content (AvgIpc) is 2.62. The van der Waals surface area contributed by atoms with Crippen LogP contribution in [0.15, 0.2) is 35.9 Å². The first-order valence-electron chi connectivity index (χ1n) is 8.50. The molecule has 130 valence electrons. The number of carbonyl (C=O) groups excluding carboxylic acids is 2. The summed E-state index contributed by atoms with van der Waals surface area (Å²) in [7, 11) is 1.63. The molecule has 2 N–H and O–H groups in total. The lowest BCUT2D eigenvalue weighted by atomic mass is 9.97. The summed E-state index contributed by atoms with van der Waals surface area (Å²) < 4.78 is 5.26. The number of allylic oxidation sites excluding steroid dienone is 1. The highest BCUT2D eigenvalue weighted by Gasteiger charge is 2.14. The fraction of sp³-hybridized carbons (Fsp3) is 0.474. The summed E-state index contributed by atoms with van der Waals surface area (Å²) in [5, 5.41) is 5.31. The van der Waals surface area contributed by atoms with Gasteiger partial charge in [0.05, 0.1) is 6.10 Å². The summed E-state index contributed by atoms with van der Waals surface area (Å²) in [6.45, 7) is 2.42. The Labute approximate surface area is 143 Å². The molecule has 24 heavy (non-hydrogen) atoms. The molecule has 0 fully saturated rings. The van der Waals surface area contributed by atoms with Crippen molar-refractivity contribution in [2.75, 3.05) is 19.0 Å². The van der Waals surface area contributed by atoms with Gasteiger partial charge in [-0.2, -0.15) is 0 Å². The van der Waals surface area contributed by atoms with Crippen LogP contribution < -0.4 is 10.6 Å². The summed E-state index contributed by atoms with van der Waals surface area (Å²) in [4.78, 5) is 23.9. The van der Waals surface area contributed by atoms with E-state index in [1.54, 1.807) is 13.2 Å². The van der Waals surface area contributed by atoms with Crippen molar-refractivity contribution in [2.24, 2.45) is 0 Å². The Balaban J connectivity index is 1.80. The zero-order chi connectivity index (χ0) is 17.4. The first kappa shape index (κ1) is 18.2. The molecule has 1 aromatic carbocycles. The van der Waals surface area contributed by atoms with E-state index >= 15 is 0 Å². The molecule has 0 saturated carbocycles. The van der Waals surface area contributed by atoms with E-state index in [-0.39, 0.29) is 6.10 Å². The molecule has 2 amide bonds. The minimum atomic E-state index is -0.644. The van der Waals surface area contributed by atoms with Crippen molar-refractivity contribution in [3.8, 4) is 0 Å². The lowest BCUT2D eigenvalue weighted by Gasteiger charge is -2.13. The van der Waals surface area contributed by atoms with Gasteiger partial charge in [0.2, 0.25) is 0 Å². The van der Waals surface area contributed by atoms with E-state index < -0.39 is 11.8 Å². The van der Waals surface area contributed by atoms with Crippen LogP contribution in [0.5, 0.6) is 0 Å². The quantitative estimate of drug-likeness (QED) is 0.621. The fourth-order valence-electron chi connectivity index (χ4n) is 2.74. The van der Waals surface area contributed by atoms with Crippen molar-refractivity contribution in [1.82, 2.24) is 5.32 Å². The van der Waals surface area contributed by atoms with Gasteiger partial charge in [0.25, 0.3) is 0 Å². The number of nitrogens with one attached hydrogen (secondary N) is 2. The minimum Gasteiger partial charge on any atom is -0.377 e. The predicted molar refractivity (Wildman–Crippen MR) is 94.7 cm³/mol. The van der Waals surface area contributed by atoms with E-state index in [4.69, 9.17) is 4.74 Å². The second-order valence-corrected chi connectivity index (χ2v) is 6.07. The van der Waals surface area contributed by atoms with Gasteiger partial charge in [-0.3, -0.25) is 9.59 Å². The molecule has 1 aliphatic rings. The average molecular weight is 330 g/mol. The lowest BCUT2D eigenvalue weighted by Crippen LogP contribution is -2.36. The number of rotatable bonds is 6. The molecular weight excluding hydrogens is 304 g/mol. The van der Waals surface area contributed by atoms with Gasteiger partial charge >= 0.3 is 11.8 Å². The highest BCUT2D eigenvalue weighted by molar-refractivity contribution is 6.39. The SMILES string of the molecule is CO[C@@H](C)c1cccc(NC(=O)C(=O)NCCC2=CCCCC2)c1. The molecule has 1 aliphatic carbocycles. The summed E-state index contributed by atoms with van der Waals surface area (Å²) in [6.07, 6.45) is 7.69. The van der Waals surface area contributed by atoms with Crippen molar-refractivity contribution in [3.63, 3.8) is 0 Å². The molecular formula is C19H26N2O3. The summed E-state index contributed by atoms with van der Waals surface area (Å²) in [5.74, 6) is -1.24. The van der Waals surface area contributed by atoms with E-state index in [0.29, 0.717) is 12.2 Å². The van der Waals surface area contributed by atoms with Crippen LogP contribution in [-0.4, -0.2) is 25.5 Å². The minimum absolute atomic E-state index is 0.0700. The van der Waals surface area contributed by atoms with Crippen LogP contribution in [0.3, 0.4) is 0 Å². The van der Waals surface area contributed by atoms with Crippen molar-refractivity contribution in [2.45, 2.75) is 45.1 Å². The molecule has 0 unspecified atom stereocenters. The maximum Gasteiger partial charge on any atom is 0.313 e. The Morgan fingerprint density at radius 1 is 1.25 bits per heavy atom. The second kappa shape index (κ2) is 9.23. The molecule has 0 spiro atoms. The summed E-state index contributed by atoms with van der Waals surface area (Å²) >= 11 is 0. The van der Waals surface area contributed by atoms with Gasteiger partial charge in [0.1, 0.15) is 0 Å². The molecule has 2 rings (SSSR count). The summed E-state index contributed by atoms with van der Waals surface area (Å²) in [5.41, 5.74) is 2.91. The molecule has 0 heterocycles. The fourth-order valence-corrected chi connectivity index (χ4v) is 2.74. The third-order valence-corrected chi connectivity index (χ3v) is 4.29. The van der Waals surface area contributed by atoms with Crippen molar-refractivity contribution < 1.29 is 14.3 Å². The van der Waals surface area contributed by atoms with Crippen LogP contribution >= 0.6 is 0 Å². The highest BCUT2D eigenvalue weighted by atomic mass is 16.5. The number of hydrogen-bond donors (Lipinski definition) is 2. The van der Waals surface area contributed by atoms with E-state index in [0.717, 1.165) is 24.8 Å². The molecule has 0 saturated heterocycles. The van der Waals surface area contributed by atoms with E-state index in [1.807, 2.05) is 25.1 Å². The molecule has 0 radical (unpaired) electrons. The first-order chi connectivity index (χ1) is 11.6. The van der Waals surface area contributed by atoms with Gasteiger partial charge < -0.3 is 15.4 Å². The smallest absolute Gasteiger partial charge is 0.313 e. The van der Waals surface area contributed by atoms with Gasteiger partial charge in [-0.15, -0.1) is 0 Å². The van der Waals surface area contributed by atoms with Gasteiger partial charge in [0, 0.05) is 19.3 Å². The predicted octanol–water partition coefficient (Wildman–Crippen LogP) is 3.34. The number of benzene rings is 1. The standard InChI is InChI=1S/C19H26N2O3/c1-14(24-2)16-9-6-10-17(13-16)21-19(23)18(22)20-12-11-15-7-4-3-5-8-15/h6-7,9-10,13-14H,3-5,8,11-12H2,1-2H3,(H,20,22)(H,21,23)/t14-/m0/s1. The Kier molecular flexibility index (Phi) is 7.00. The number of anilines is 1. The van der Waals surface area contributed by atoms with E-state index in [9.17, 15) is 9.59 Å². The number of amides is 2. The van der Waals surface area contributed by atoms with Gasteiger partial charge in [0.15, 0.2) is 0 Å². The zero-order valence-electron chi connectivity index (χ0n) is 14.4. The second-order valence-electron chi connectivity index (χ2n) is 6.07. The van der Waals surface area contributed by atoms with Crippen molar-refractivity contribution in [3.05, 3.63) is 41.5 Å².